The van der Waals surface area contributed by atoms with Crippen molar-refractivity contribution in [1.82, 2.24) is 14.6 Å². The van der Waals surface area contributed by atoms with Gasteiger partial charge < -0.3 is 4.90 Å². The maximum Gasteiger partial charge on any atom is 0.275 e. The maximum absolute atomic E-state index is 12.0. The number of aromatic nitrogens is 3. The Balaban J connectivity index is 1.71. The highest BCUT2D eigenvalue weighted by atomic mass is 79.9. The molecule has 5 rings (SSSR count). The van der Waals surface area contributed by atoms with E-state index in [2.05, 4.69) is 49.1 Å². The van der Waals surface area contributed by atoms with Gasteiger partial charge >= 0.3 is 0 Å². The predicted octanol–water partition coefficient (Wildman–Crippen LogP) is 4.09. The number of halogens is 1. The van der Waals surface area contributed by atoms with Crippen LogP contribution in [0.1, 0.15) is 37.2 Å². The van der Waals surface area contributed by atoms with Crippen LogP contribution in [-0.2, 0) is 0 Å². The Bertz CT molecular complexity index is 998. The van der Waals surface area contributed by atoms with Gasteiger partial charge in [0.1, 0.15) is 0 Å². The Morgan fingerprint density at radius 1 is 1.21 bits per heavy atom. The first-order chi connectivity index (χ1) is 11.7. The number of hydrogen-bond acceptors (Lipinski definition) is 5. The van der Waals surface area contributed by atoms with Crippen LogP contribution in [0.3, 0.4) is 0 Å². The Labute approximate surface area is 151 Å². The second-order valence-electron chi connectivity index (χ2n) is 6.39. The van der Waals surface area contributed by atoms with E-state index in [0.717, 1.165) is 16.0 Å². The van der Waals surface area contributed by atoms with Crippen LogP contribution in [0.2, 0.25) is 0 Å². The molecule has 7 heteroatoms. The monoisotopic (exact) mass is 402 g/mol. The van der Waals surface area contributed by atoms with E-state index in [1.165, 1.54) is 52.4 Å². The first-order valence-corrected chi connectivity index (χ1v) is 9.77. The summed E-state index contributed by atoms with van der Waals surface area (Å²) < 4.78 is 2.53. The third-order valence-corrected chi connectivity index (χ3v) is 6.49. The van der Waals surface area contributed by atoms with Crippen LogP contribution in [-0.4, -0.2) is 20.6 Å². The summed E-state index contributed by atoms with van der Waals surface area (Å²) in [5.74, 6) is 0.544. The molecule has 2 atom stereocenters. The van der Waals surface area contributed by atoms with Crippen LogP contribution >= 0.6 is 27.3 Å². The Morgan fingerprint density at radius 2 is 2.08 bits per heavy atom. The zero-order chi connectivity index (χ0) is 16.3. The van der Waals surface area contributed by atoms with E-state index in [-0.39, 0.29) is 5.56 Å². The van der Waals surface area contributed by atoms with E-state index in [0.29, 0.717) is 16.9 Å². The molecular weight excluding hydrogens is 388 g/mol. The van der Waals surface area contributed by atoms with Gasteiger partial charge in [-0.2, -0.15) is 4.52 Å². The summed E-state index contributed by atoms with van der Waals surface area (Å²) in [5.41, 5.74) is 2.49. The van der Waals surface area contributed by atoms with Crippen LogP contribution in [0.4, 0.5) is 10.8 Å². The van der Waals surface area contributed by atoms with Crippen molar-refractivity contribution in [1.29, 1.82) is 0 Å². The fraction of sp³-hybridized carbons (Fsp3) is 0.353. The lowest BCUT2D eigenvalue weighted by Gasteiger charge is -2.31. The molecule has 1 aliphatic heterocycles. The van der Waals surface area contributed by atoms with Crippen molar-refractivity contribution >= 4 is 43.0 Å². The van der Waals surface area contributed by atoms with Crippen molar-refractivity contribution in [2.24, 2.45) is 0 Å². The highest BCUT2D eigenvalue weighted by Gasteiger charge is 2.41. The highest BCUT2D eigenvalue weighted by Crippen LogP contribution is 2.51. The van der Waals surface area contributed by atoms with E-state index in [9.17, 15) is 4.79 Å². The summed E-state index contributed by atoms with van der Waals surface area (Å²) in [6.45, 7) is 0. The van der Waals surface area contributed by atoms with Crippen LogP contribution in [0, 0.1) is 0 Å². The van der Waals surface area contributed by atoms with Crippen LogP contribution < -0.4 is 10.5 Å². The second-order valence-corrected chi connectivity index (χ2v) is 8.24. The molecule has 0 spiro atoms. The normalized spacial score (nSPS) is 22.6. The van der Waals surface area contributed by atoms with Crippen LogP contribution in [0.5, 0.6) is 0 Å². The Morgan fingerprint density at radius 3 is 2.96 bits per heavy atom. The number of hydrogen-bond donors (Lipinski definition) is 0. The fourth-order valence-corrected chi connectivity index (χ4v) is 5.41. The smallest absolute Gasteiger partial charge is 0.275 e. The molecule has 1 fully saturated rings. The second kappa shape index (κ2) is 5.39. The van der Waals surface area contributed by atoms with Gasteiger partial charge in [0.2, 0.25) is 10.1 Å². The summed E-state index contributed by atoms with van der Waals surface area (Å²) in [6.07, 6.45) is 6.46. The quantitative estimate of drug-likeness (QED) is 0.614. The average molecular weight is 403 g/mol. The van der Waals surface area contributed by atoms with E-state index in [4.69, 9.17) is 0 Å². The summed E-state index contributed by atoms with van der Waals surface area (Å²) in [5, 5.41) is 5.45. The molecular formula is C17H15BrN4OS. The minimum atomic E-state index is -0.127. The van der Waals surface area contributed by atoms with E-state index < -0.39 is 0 Å². The van der Waals surface area contributed by atoms with Gasteiger partial charge in [-0.3, -0.25) is 4.79 Å². The lowest BCUT2D eigenvalue weighted by molar-refractivity contribution is 0.401. The molecule has 24 heavy (non-hydrogen) atoms. The molecule has 0 saturated heterocycles. The predicted molar refractivity (Wildman–Crippen MR) is 98.4 cm³/mol. The Hall–Kier alpha value is -1.73. The molecule has 0 unspecified atom stereocenters. The van der Waals surface area contributed by atoms with Crippen molar-refractivity contribution in [3.8, 4) is 0 Å². The summed E-state index contributed by atoms with van der Waals surface area (Å²) in [6, 6.07) is 8.38. The fourth-order valence-electron chi connectivity index (χ4n) is 4.08. The molecule has 0 amide bonds. The summed E-state index contributed by atoms with van der Waals surface area (Å²) >= 11 is 5.10. The number of rotatable bonds is 1. The summed E-state index contributed by atoms with van der Waals surface area (Å²) in [7, 11) is 0. The van der Waals surface area contributed by atoms with Gasteiger partial charge in [-0.05, 0) is 36.6 Å². The molecule has 122 valence electrons. The molecule has 1 aliphatic carbocycles. The van der Waals surface area contributed by atoms with E-state index in [1.807, 2.05) is 0 Å². The van der Waals surface area contributed by atoms with Gasteiger partial charge in [0.15, 0.2) is 0 Å². The number of anilines is 2. The molecule has 1 saturated carbocycles. The minimum Gasteiger partial charge on any atom is -0.312 e. The van der Waals surface area contributed by atoms with Crippen molar-refractivity contribution in [2.45, 2.75) is 37.6 Å². The average Bonchev–Trinajstić information content (AvgIpc) is 3.14. The van der Waals surface area contributed by atoms with Crippen molar-refractivity contribution in [2.75, 3.05) is 4.90 Å². The minimum absolute atomic E-state index is 0.127. The third kappa shape index (κ3) is 2.07. The number of nitrogens with zero attached hydrogens (tertiary/aromatic N) is 4. The molecule has 0 bridgehead atoms. The van der Waals surface area contributed by atoms with Crippen LogP contribution in [0.25, 0.3) is 4.96 Å². The molecule has 2 aromatic heterocycles. The lowest BCUT2D eigenvalue weighted by atomic mass is 9.82. The lowest BCUT2D eigenvalue weighted by Crippen LogP contribution is -2.32. The van der Waals surface area contributed by atoms with Gasteiger partial charge in [0, 0.05) is 34.4 Å². The molecule has 2 aliphatic rings. The zero-order valence-electron chi connectivity index (χ0n) is 12.9. The van der Waals surface area contributed by atoms with E-state index in [1.54, 1.807) is 6.20 Å². The van der Waals surface area contributed by atoms with Crippen molar-refractivity contribution in [3.63, 3.8) is 0 Å². The number of fused-ring (bicyclic) bond motifs is 4. The topological polar surface area (TPSA) is 50.5 Å². The highest BCUT2D eigenvalue weighted by molar-refractivity contribution is 9.10. The first kappa shape index (κ1) is 14.6. The first-order valence-electron chi connectivity index (χ1n) is 8.16. The molecule has 5 nitrogen and oxygen atoms in total. The Kier molecular flexibility index (Phi) is 3.28. The van der Waals surface area contributed by atoms with E-state index >= 15 is 0 Å². The van der Waals surface area contributed by atoms with Gasteiger partial charge in [-0.1, -0.05) is 40.1 Å². The molecule has 3 heterocycles. The third-order valence-electron chi connectivity index (χ3n) is 5.08. The molecule has 0 radical (unpaired) electrons. The maximum atomic E-state index is 12.0. The molecule has 3 aromatic rings. The largest absolute Gasteiger partial charge is 0.312 e. The SMILES string of the molecule is O=c1ccnc2sc(N3c4ccc(Br)cc4[C@@H]4CCCC[C@@H]43)nn12. The van der Waals surface area contributed by atoms with Crippen LogP contribution in [0.15, 0.2) is 39.7 Å². The molecule has 0 N–H and O–H groups in total. The van der Waals surface area contributed by atoms with Gasteiger partial charge in [-0.25, -0.2) is 4.98 Å². The zero-order valence-corrected chi connectivity index (χ0v) is 15.3. The standard InChI is InChI=1S/C17H15BrN4OS/c18-10-5-6-14-12(9-10)11-3-1-2-4-13(11)21(14)17-20-22-15(23)7-8-19-16(22)24-17/h5-9,11,13H,1-4H2/t11-,13-/m0/s1. The van der Waals surface area contributed by atoms with Gasteiger partial charge in [0.05, 0.1) is 0 Å². The van der Waals surface area contributed by atoms with Gasteiger partial charge in [0.25, 0.3) is 5.56 Å². The number of benzene rings is 1. The van der Waals surface area contributed by atoms with Crippen molar-refractivity contribution < 1.29 is 0 Å². The molecule has 1 aromatic carbocycles. The van der Waals surface area contributed by atoms with Crippen molar-refractivity contribution in [3.05, 3.63) is 50.9 Å². The van der Waals surface area contributed by atoms with Gasteiger partial charge in [-0.15, -0.1) is 5.10 Å². The summed E-state index contributed by atoms with van der Waals surface area (Å²) in [4.78, 5) is 19.3.